The second-order valence-corrected chi connectivity index (χ2v) is 1.84. The number of alkyl halides is 2. The van der Waals surface area contributed by atoms with Gasteiger partial charge in [-0.25, -0.2) is 8.78 Å². The van der Waals surface area contributed by atoms with Crippen molar-refractivity contribution in [3.8, 4) is 0 Å². The fourth-order valence-electron chi connectivity index (χ4n) is 0.166. The summed E-state index contributed by atoms with van der Waals surface area (Å²) in [5.74, 6) is -3.62. The van der Waals surface area contributed by atoms with E-state index in [9.17, 15) is 17.6 Å². The van der Waals surface area contributed by atoms with E-state index in [0.717, 1.165) is 0 Å². The van der Waals surface area contributed by atoms with Gasteiger partial charge in [0.05, 0.1) is 0 Å². The summed E-state index contributed by atoms with van der Waals surface area (Å²) in [6, 6.07) is 0. The molecule has 0 radical (unpaired) electrons. The van der Waals surface area contributed by atoms with Crippen molar-refractivity contribution in [1.82, 2.24) is 0 Å². The first-order valence-corrected chi connectivity index (χ1v) is 2.32. The summed E-state index contributed by atoms with van der Waals surface area (Å²) >= 11 is 4.47. The van der Waals surface area contributed by atoms with E-state index < -0.39 is 17.0 Å². The van der Waals surface area contributed by atoms with E-state index >= 15 is 0 Å². The highest BCUT2D eigenvalue weighted by atomic mass is 35.5. The van der Waals surface area contributed by atoms with Gasteiger partial charge in [0.2, 0.25) is 0 Å². The molecule has 0 aromatic rings. The Morgan fingerprint density at radius 1 is 1.33 bits per heavy atom. The lowest BCUT2D eigenvalue weighted by molar-refractivity contribution is 0.0664. The Kier molecular flexibility index (Phi) is 2.49. The molecular formula is C4H3ClF4. The zero-order valence-corrected chi connectivity index (χ0v) is 5.15. The van der Waals surface area contributed by atoms with Crippen LogP contribution in [-0.4, -0.2) is 5.92 Å². The lowest BCUT2D eigenvalue weighted by atomic mass is 10.4. The van der Waals surface area contributed by atoms with E-state index in [4.69, 9.17) is 0 Å². The molecule has 0 nitrogen and oxygen atoms in total. The molecule has 0 aliphatic heterocycles. The van der Waals surface area contributed by atoms with Crippen molar-refractivity contribution in [1.29, 1.82) is 0 Å². The van der Waals surface area contributed by atoms with Gasteiger partial charge in [-0.3, -0.25) is 0 Å². The predicted molar refractivity (Wildman–Crippen MR) is 25.7 cm³/mol. The van der Waals surface area contributed by atoms with Gasteiger partial charge in [-0.05, 0) is 0 Å². The summed E-state index contributed by atoms with van der Waals surface area (Å²) in [4.78, 5) is 0. The SMILES string of the molecule is CC(F)(F)C(Cl)=C(F)F. The van der Waals surface area contributed by atoms with Crippen LogP contribution in [0.15, 0.2) is 11.1 Å². The fourth-order valence-corrected chi connectivity index (χ4v) is 0.166. The molecule has 5 heteroatoms. The molecule has 0 aromatic carbocycles. The van der Waals surface area contributed by atoms with Crippen LogP contribution in [0.3, 0.4) is 0 Å². The molecule has 0 fully saturated rings. The molecule has 0 spiro atoms. The molecule has 0 aliphatic rings. The summed E-state index contributed by atoms with van der Waals surface area (Å²) in [6.07, 6.45) is -2.54. The Bertz CT molecular complexity index is 130. The average Bonchev–Trinajstić information content (AvgIpc) is 1.62. The van der Waals surface area contributed by atoms with Crippen LogP contribution in [0.1, 0.15) is 6.92 Å². The van der Waals surface area contributed by atoms with E-state index in [1.54, 1.807) is 0 Å². The van der Waals surface area contributed by atoms with Crippen molar-refractivity contribution in [2.45, 2.75) is 12.8 Å². The van der Waals surface area contributed by atoms with Crippen molar-refractivity contribution in [2.75, 3.05) is 0 Å². The molecule has 54 valence electrons. The summed E-state index contributed by atoms with van der Waals surface area (Å²) < 4.78 is 45.8. The number of hydrogen-bond donors (Lipinski definition) is 0. The number of hydrogen-bond acceptors (Lipinski definition) is 0. The molecule has 0 amide bonds. The predicted octanol–water partition coefficient (Wildman–Crippen LogP) is 2.99. The quantitative estimate of drug-likeness (QED) is 0.520. The highest BCUT2D eigenvalue weighted by Crippen LogP contribution is 2.30. The lowest BCUT2D eigenvalue weighted by Gasteiger charge is -2.05. The zero-order chi connectivity index (χ0) is 7.65. The summed E-state index contributed by atoms with van der Waals surface area (Å²) in [7, 11) is 0. The van der Waals surface area contributed by atoms with Crippen LogP contribution in [0, 0.1) is 0 Å². The van der Waals surface area contributed by atoms with Gasteiger partial charge in [-0.15, -0.1) is 0 Å². The van der Waals surface area contributed by atoms with Crippen molar-refractivity contribution >= 4 is 11.6 Å². The van der Waals surface area contributed by atoms with Crippen LogP contribution in [0.5, 0.6) is 0 Å². The first kappa shape index (κ1) is 8.75. The maximum absolute atomic E-state index is 11.7. The average molecular weight is 163 g/mol. The molecule has 0 saturated heterocycles. The van der Waals surface area contributed by atoms with E-state index in [2.05, 4.69) is 11.6 Å². The van der Waals surface area contributed by atoms with Crippen molar-refractivity contribution < 1.29 is 17.6 Å². The van der Waals surface area contributed by atoms with Crippen LogP contribution in [0.2, 0.25) is 0 Å². The molecule has 0 unspecified atom stereocenters. The van der Waals surface area contributed by atoms with Gasteiger partial charge in [0.25, 0.3) is 12.0 Å². The Hall–Kier alpha value is -0.250. The molecule has 0 atom stereocenters. The topological polar surface area (TPSA) is 0 Å². The number of allylic oxidation sites excluding steroid dienone is 1. The molecule has 0 N–H and O–H groups in total. The van der Waals surface area contributed by atoms with Gasteiger partial charge in [0.15, 0.2) is 5.03 Å². The highest BCUT2D eigenvalue weighted by molar-refractivity contribution is 6.30. The lowest BCUT2D eigenvalue weighted by Crippen LogP contribution is -2.09. The third-order valence-corrected chi connectivity index (χ3v) is 1.03. The van der Waals surface area contributed by atoms with E-state index in [0.29, 0.717) is 6.92 Å². The van der Waals surface area contributed by atoms with Crippen molar-refractivity contribution in [2.24, 2.45) is 0 Å². The van der Waals surface area contributed by atoms with Gasteiger partial charge in [-0.2, -0.15) is 8.78 Å². The summed E-state index contributed by atoms with van der Waals surface area (Å²) in [6.45, 7) is 0.300. The molecule has 0 bridgehead atoms. The van der Waals surface area contributed by atoms with Crippen molar-refractivity contribution in [3.63, 3.8) is 0 Å². The van der Waals surface area contributed by atoms with Crippen LogP contribution in [0.4, 0.5) is 17.6 Å². The molecule has 9 heavy (non-hydrogen) atoms. The Morgan fingerprint density at radius 2 is 1.67 bits per heavy atom. The maximum atomic E-state index is 11.7. The van der Waals surface area contributed by atoms with Gasteiger partial charge < -0.3 is 0 Å². The van der Waals surface area contributed by atoms with E-state index in [1.807, 2.05) is 0 Å². The molecule has 0 saturated carbocycles. The third kappa shape index (κ3) is 2.70. The van der Waals surface area contributed by atoms with Crippen LogP contribution >= 0.6 is 11.6 Å². The first-order valence-electron chi connectivity index (χ1n) is 1.94. The second kappa shape index (κ2) is 2.56. The number of halogens is 5. The summed E-state index contributed by atoms with van der Waals surface area (Å²) in [5, 5.41) is -1.69. The summed E-state index contributed by atoms with van der Waals surface area (Å²) in [5.41, 5.74) is 0. The third-order valence-electron chi connectivity index (χ3n) is 0.551. The fraction of sp³-hybridized carbons (Fsp3) is 0.500. The van der Waals surface area contributed by atoms with Crippen LogP contribution in [0.25, 0.3) is 0 Å². The molecule has 0 rings (SSSR count). The molecule has 0 aliphatic carbocycles. The minimum Gasteiger partial charge on any atom is -0.200 e. The smallest absolute Gasteiger partial charge is 0.200 e. The Morgan fingerprint density at radius 3 is 1.67 bits per heavy atom. The molecule has 0 aromatic heterocycles. The monoisotopic (exact) mass is 162 g/mol. The van der Waals surface area contributed by atoms with Gasteiger partial charge in [0.1, 0.15) is 0 Å². The van der Waals surface area contributed by atoms with Crippen molar-refractivity contribution in [3.05, 3.63) is 11.1 Å². The largest absolute Gasteiger partial charge is 0.290 e. The zero-order valence-electron chi connectivity index (χ0n) is 4.39. The maximum Gasteiger partial charge on any atom is 0.290 e. The van der Waals surface area contributed by atoms with Gasteiger partial charge >= 0.3 is 0 Å². The highest BCUT2D eigenvalue weighted by Gasteiger charge is 2.30. The van der Waals surface area contributed by atoms with Gasteiger partial charge in [-0.1, -0.05) is 11.6 Å². The van der Waals surface area contributed by atoms with Crippen LogP contribution < -0.4 is 0 Å². The minimum atomic E-state index is -3.62. The normalized spacial score (nSPS) is 11.3. The van der Waals surface area contributed by atoms with E-state index in [-0.39, 0.29) is 0 Å². The molecule has 0 heterocycles. The molecular weight excluding hydrogens is 159 g/mol. The van der Waals surface area contributed by atoms with Gasteiger partial charge in [0, 0.05) is 6.92 Å². The minimum absolute atomic E-state index is 0.300. The van der Waals surface area contributed by atoms with E-state index in [1.165, 1.54) is 0 Å². The Labute approximate surface area is 54.1 Å². The second-order valence-electron chi connectivity index (χ2n) is 1.46. The number of rotatable bonds is 1. The Balaban J connectivity index is 4.40. The van der Waals surface area contributed by atoms with Crippen LogP contribution in [-0.2, 0) is 0 Å². The first-order chi connectivity index (χ1) is 3.85. The standard InChI is InChI=1S/C4H3ClF4/c1-4(8,9)2(5)3(6)7/h1H3.